The van der Waals surface area contributed by atoms with Crippen LogP contribution in [0.2, 0.25) is 0 Å². The van der Waals surface area contributed by atoms with Crippen LogP contribution in [0, 0.1) is 11.3 Å². The molecule has 1 aromatic carbocycles. The molecular formula is C20H15N5S. The maximum absolute atomic E-state index is 9.76. The van der Waals surface area contributed by atoms with E-state index in [4.69, 9.17) is 4.98 Å². The lowest BCUT2D eigenvalue weighted by atomic mass is 10.1. The first-order valence-corrected chi connectivity index (χ1v) is 9.42. The molecule has 0 radical (unpaired) electrons. The average Bonchev–Trinajstić information content (AvgIpc) is 3.40. The summed E-state index contributed by atoms with van der Waals surface area (Å²) < 4.78 is 2.05. The van der Waals surface area contributed by atoms with E-state index in [2.05, 4.69) is 16.6 Å². The van der Waals surface area contributed by atoms with Crippen molar-refractivity contribution >= 4 is 40.0 Å². The Morgan fingerprint density at radius 2 is 2.08 bits per heavy atom. The topological polar surface area (TPSA) is 65.5 Å². The van der Waals surface area contributed by atoms with Crippen molar-refractivity contribution in [3.63, 3.8) is 0 Å². The fourth-order valence-electron chi connectivity index (χ4n) is 3.73. The van der Waals surface area contributed by atoms with Gasteiger partial charge in [0.05, 0.1) is 22.8 Å². The van der Waals surface area contributed by atoms with E-state index in [-0.39, 0.29) is 0 Å². The molecule has 0 bridgehead atoms. The second kappa shape index (κ2) is 5.97. The Kier molecular flexibility index (Phi) is 3.47. The van der Waals surface area contributed by atoms with E-state index in [9.17, 15) is 5.26 Å². The normalized spacial score (nSPS) is 13.5. The number of rotatable bonds is 3. The third-order valence-electron chi connectivity index (χ3n) is 4.83. The van der Waals surface area contributed by atoms with Gasteiger partial charge in [0, 0.05) is 4.88 Å². The molecule has 0 unspecified atom stereocenters. The Balaban J connectivity index is 1.77. The van der Waals surface area contributed by atoms with Crippen LogP contribution >= 0.6 is 11.3 Å². The molecule has 0 atom stereocenters. The maximum Gasteiger partial charge on any atom is 0.157 e. The molecule has 3 aromatic heterocycles. The monoisotopic (exact) mass is 357 g/mol. The van der Waals surface area contributed by atoms with E-state index >= 15 is 0 Å². The highest BCUT2D eigenvalue weighted by Gasteiger charge is 2.25. The first-order valence-electron chi connectivity index (χ1n) is 8.54. The lowest BCUT2D eigenvalue weighted by Gasteiger charge is -2.13. The smallest absolute Gasteiger partial charge is 0.157 e. The van der Waals surface area contributed by atoms with Gasteiger partial charge < -0.3 is 0 Å². The first-order chi connectivity index (χ1) is 12.9. The predicted octanol–water partition coefficient (Wildman–Crippen LogP) is 4.36. The van der Waals surface area contributed by atoms with Crippen molar-refractivity contribution < 1.29 is 0 Å². The van der Waals surface area contributed by atoms with Crippen LogP contribution in [0.3, 0.4) is 0 Å². The molecule has 4 aromatic rings. The maximum atomic E-state index is 9.76. The highest BCUT2D eigenvalue weighted by molar-refractivity contribution is 7.11. The molecule has 6 heteroatoms. The Morgan fingerprint density at radius 3 is 2.92 bits per heavy atom. The molecule has 0 amide bonds. The van der Waals surface area contributed by atoms with E-state index in [1.807, 2.05) is 52.4 Å². The third-order valence-corrected chi connectivity index (χ3v) is 5.64. The lowest BCUT2D eigenvalue weighted by Crippen LogP contribution is -2.06. The molecule has 1 N–H and O–H groups in total. The lowest BCUT2D eigenvalue weighted by molar-refractivity contribution is 0.909. The molecule has 5 rings (SSSR count). The number of hydrogen-bond donors (Lipinski definition) is 1. The van der Waals surface area contributed by atoms with Gasteiger partial charge in [0.1, 0.15) is 11.9 Å². The molecule has 126 valence electrons. The largest absolute Gasteiger partial charge is 0.276 e. The molecule has 0 fully saturated rings. The van der Waals surface area contributed by atoms with Gasteiger partial charge in [0.2, 0.25) is 0 Å². The van der Waals surface area contributed by atoms with Gasteiger partial charge in [-0.2, -0.15) is 10.4 Å². The number of nitriles is 1. The summed E-state index contributed by atoms with van der Waals surface area (Å²) in [6.45, 7) is 0. The van der Waals surface area contributed by atoms with Crippen molar-refractivity contribution in [2.45, 2.75) is 19.3 Å². The Hall–Kier alpha value is -3.17. The summed E-state index contributed by atoms with van der Waals surface area (Å²) in [6.07, 6.45) is 4.75. The van der Waals surface area contributed by atoms with Gasteiger partial charge in [-0.15, -0.1) is 11.3 Å². The SMILES string of the molecule is N#Cc1c2c(c(NN=Cc3cccs3)n3c1nc1ccccc13)CCC2. The van der Waals surface area contributed by atoms with Gasteiger partial charge >= 0.3 is 0 Å². The summed E-state index contributed by atoms with van der Waals surface area (Å²) in [5, 5.41) is 16.3. The van der Waals surface area contributed by atoms with Crippen LogP contribution in [0.4, 0.5) is 5.82 Å². The summed E-state index contributed by atoms with van der Waals surface area (Å²) in [5.74, 6) is 0.924. The molecule has 1 aliphatic carbocycles. The number of thiophene rings is 1. The number of pyridine rings is 1. The summed E-state index contributed by atoms with van der Waals surface area (Å²) in [4.78, 5) is 5.82. The molecule has 0 spiro atoms. The Bertz CT molecular complexity index is 1190. The van der Waals surface area contributed by atoms with Crippen molar-refractivity contribution in [3.8, 4) is 6.07 Å². The number of aromatic nitrogens is 2. The molecule has 0 saturated heterocycles. The summed E-state index contributed by atoms with van der Waals surface area (Å²) in [6, 6.07) is 14.4. The summed E-state index contributed by atoms with van der Waals surface area (Å²) in [7, 11) is 0. The Morgan fingerprint density at radius 1 is 1.19 bits per heavy atom. The van der Waals surface area contributed by atoms with Crippen LogP contribution in [0.15, 0.2) is 46.9 Å². The summed E-state index contributed by atoms with van der Waals surface area (Å²) >= 11 is 1.65. The number of imidazole rings is 1. The van der Waals surface area contributed by atoms with E-state index in [1.165, 1.54) is 5.56 Å². The van der Waals surface area contributed by atoms with Gasteiger partial charge in [-0.05, 0) is 54.0 Å². The van der Waals surface area contributed by atoms with Crippen LogP contribution in [0.1, 0.15) is 28.0 Å². The van der Waals surface area contributed by atoms with Gasteiger partial charge in [0.15, 0.2) is 5.65 Å². The number of nitrogens with one attached hydrogen (secondary N) is 1. The van der Waals surface area contributed by atoms with Crippen molar-refractivity contribution in [2.24, 2.45) is 5.10 Å². The predicted molar refractivity (Wildman–Crippen MR) is 105 cm³/mol. The number of para-hydroxylation sites is 2. The van der Waals surface area contributed by atoms with Gasteiger partial charge in [-0.1, -0.05) is 18.2 Å². The fourth-order valence-corrected chi connectivity index (χ4v) is 4.31. The molecule has 0 aliphatic heterocycles. The molecule has 0 saturated carbocycles. The van der Waals surface area contributed by atoms with Crippen molar-refractivity contribution in [1.29, 1.82) is 5.26 Å². The molecular weight excluding hydrogens is 342 g/mol. The van der Waals surface area contributed by atoms with E-state index in [1.54, 1.807) is 11.3 Å². The highest BCUT2D eigenvalue weighted by Crippen LogP contribution is 2.36. The van der Waals surface area contributed by atoms with Crippen LogP contribution in [0.5, 0.6) is 0 Å². The number of nitrogens with zero attached hydrogens (tertiary/aromatic N) is 4. The van der Waals surface area contributed by atoms with Crippen LogP contribution in [-0.2, 0) is 12.8 Å². The molecule has 26 heavy (non-hydrogen) atoms. The average molecular weight is 357 g/mol. The quantitative estimate of drug-likeness (QED) is 0.438. The molecule has 1 aliphatic rings. The number of anilines is 1. The van der Waals surface area contributed by atoms with Crippen LogP contribution in [0.25, 0.3) is 16.7 Å². The van der Waals surface area contributed by atoms with Gasteiger partial charge in [-0.25, -0.2) is 4.98 Å². The second-order valence-corrected chi connectivity index (χ2v) is 7.27. The first kappa shape index (κ1) is 15.1. The number of hydrazone groups is 1. The van der Waals surface area contributed by atoms with E-state index in [0.717, 1.165) is 46.6 Å². The minimum Gasteiger partial charge on any atom is -0.276 e. The molecule has 3 heterocycles. The number of benzene rings is 1. The van der Waals surface area contributed by atoms with Crippen molar-refractivity contribution in [1.82, 2.24) is 9.38 Å². The van der Waals surface area contributed by atoms with Gasteiger partial charge in [0.25, 0.3) is 0 Å². The standard InChI is InChI=1S/C20H15N5S/c21-11-16-14-6-3-7-15(14)20(24-22-12-13-5-4-10-26-13)25-18-9-2-1-8-17(18)23-19(16)25/h1-2,4-5,8-10,12,24H,3,6-7H2. The van der Waals surface area contributed by atoms with Crippen LogP contribution < -0.4 is 5.43 Å². The van der Waals surface area contributed by atoms with Gasteiger partial charge in [-0.3, -0.25) is 9.83 Å². The fraction of sp³-hybridized carbons (Fsp3) is 0.150. The summed E-state index contributed by atoms with van der Waals surface area (Å²) in [5.41, 5.74) is 8.82. The number of hydrogen-bond acceptors (Lipinski definition) is 5. The zero-order valence-electron chi connectivity index (χ0n) is 13.9. The van der Waals surface area contributed by atoms with Crippen molar-refractivity contribution in [2.75, 3.05) is 5.43 Å². The minimum atomic E-state index is 0.696. The Labute approximate surface area is 154 Å². The minimum absolute atomic E-state index is 0.696. The highest BCUT2D eigenvalue weighted by atomic mass is 32.1. The number of fused-ring (bicyclic) bond motifs is 4. The van der Waals surface area contributed by atoms with E-state index in [0.29, 0.717) is 11.2 Å². The van der Waals surface area contributed by atoms with E-state index < -0.39 is 0 Å². The second-order valence-electron chi connectivity index (χ2n) is 6.29. The zero-order chi connectivity index (χ0) is 17.5. The third kappa shape index (κ3) is 2.21. The molecule has 5 nitrogen and oxygen atoms in total. The van der Waals surface area contributed by atoms with Crippen LogP contribution in [-0.4, -0.2) is 15.6 Å². The zero-order valence-corrected chi connectivity index (χ0v) is 14.8. The van der Waals surface area contributed by atoms with Crippen molar-refractivity contribution in [3.05, 3.63) is 63.3 Å².